The van der Waals surface area contributed by atoms with E-state index in [1.807, 2.05) is 11.0 Å². The lowest BCUT2D eigenvalue weighted by molar-refractivity contribution is -0.144. The van der Waals surface area contributed by atoms with Gasteiger partial charge in [0.05, 0.1) is 18.7 Å². The fourth-order valence-electron chi connectivity index (χ4n) is 2.15. The number of carboxylic acid groups (broad SMARTS) is 1. The number of benzene rings is 1. The molecule has 1 N–H and O–H groups in total. The van der Waals surface area contributed by atoms with Gasteiger partial charge in [0.2, 0.25) is 0 Å². The maximum absolute atomic E-state index is 11.6. The molecule has 0 heterocycles. The summed E-state index contributed by atoms with van der Waals surface area (Å²) in [7, 11) is 0. The number of carboxylic acids is 1. The SMILES string of the molecule is CCOC(=O)CN(Cc1cccc(C(=O)O)c1)CC(C)C. The Labute approximate surface area is 125 Å². The van der Waals surface area contributed by atoms with Crippen molar-refractivity contribution in [2.75, 3.05) is 19.7 Å². The first-order valence-electron chi connectivity index (χ1n) is 7.12. The van der Waals surface area contributed by atoms with Gasteiger partial charge in [-0.25, -0.2) is 4.79 Å². The van der Waals surface area contributed by atoms with Crippen LogP contribution in [0.2, 0.25) is 0 Å². The Morgan fingerprint density at radius 1 is 1.33 bits per heavy atom. The highest BCUT2D eigenvalue weighted by Crippen LogP contribution is 2.10. The number of esters is 1. The van der Waals surface area contributed by atoms with Gasteiger partial charge in [0, 0.05) is 13.1 Å². The molecular formula is C16H23NO4. The molecule has 0 fully saturated rings. The van der Waals surface area contributed by atoms with Crippen LogP contribution < -0.4 is 0 Å². The maximum atomic E-state index is 11.6. The molecule has 0 saturated heterocycles. The fourth-order valence-corrected chi connectivity index (χ4v) is 2.15. The van der Waals surface area contributed by atoms with Crippen LogP contribution in [0.4, 0.5) is 0 Å². The molecule has 5 heteroatoms. The van der Waals surface area contributed by atoms with Crippen molar-refractivity contribution >= 4 is 11.9 Å². The van der Waals surface area contributed by atoms with Crippen molar-refractivity contribution in [3.63, 3.8) is 0 Å². The Kier molecular flexibility index (Phi) is 6.88. The maximum Gasteiger partial charge on any atom is 0.335 e. The Morgan fingerprint density at radius 3 is 2.62 bits per heavy atom. The monoisotopic (exact) mass is 293 g/mol. The van der Waals surface area contributed by atoms with Gasteiger partial charge in [-0.2, -0.15) is 0 Å². The lowest BCUT2D eigenvalue weighted by Gasteiger charge is -2.23. The first-order valence-corrected chi connectivity index (χ1v) is 7.12. The minimum absolute atomic E-state index is 0.212. The molecular weight excluding hydrogens is 270 g/mol. The van der Waals surface area contributed by atoms with Crippen LogP contribution in [0.15, 0.2) is 24.3 Å². The zero-order valence-corrected chi connectivity index (χ0v) is 12.8. The number of aromatic carboxylic acids is 1. The molecule has 0 saturated carbocycles. The molecule has 1 rings (SSSR count). The predicted octanol–water partition coefficient (Wildman–Crippen LogP) is 2.41. The van der Waals surface area contributed by atoms with E-state index in [-0.39, 0.29) is 18.1 Å². The topological polar surface area (TPSA) is 66.8 Å². The normalized spacial score (nSPS) is 10.9. The molecule has 0 bridgehead atoms. The molecule has 0 spiro atoms. The average Bonchev–Trinajstić information content (AvgIpc) is 2.38. The zero-order valence-electron chi connectivity index (χ0n) is 12.8. The largest absolute Gasteiger partial charge is 0.478 e. The lowest BCUT2D eigenvalue weighted by Crippen LogP contribution is -2.33. The second kappa shape index (κ2) is 8.42. The van der Waals surface area contributed by atoms with E-state index in [0.29, 0.717) is 19.1 Å². The summed E-state index contributed by atoms with van der Waals surface area (Å²) in [5.74, 6) is -0.799. The fraction of sp³-hybridized carbons (Fsp3) is 0.500. The lowest BCUT2D eigenvalue weighted by atomic mass is 10.1. The highest BCUT2D eigenvalue weighted by atomic mass is 16.5. The quantitative estimate of drug-likeness (QED) is 0.746. The number of rotatable bonds is 8. The van der Waals surface area contributed by atoms with Gasteiger partial charge >= 0.3 is 11.9 Å². The predicted molar refractivity (Wildman–Crippen MR) is 80.1 cm³/mol. The summed E-state index contributed by atoms with van der Waals surface area (Å²) < 4.78 is 4.98. The Bertz CT molecular complexity index is 485. The van der Waals surface area contributed by atoms with E-state index in [0.717, 1.165) is 12.1 Å². The van der Waals surface area contributed by atoms with Crippen molar-refractivity contribution in [1.29, 1.82) is 0 Å². The van der Waals surface area contributed by atoms with Gasteiger partial charge in [0.25, 0.3) is 0 Å². The number of hydrogen-bond acceptors (Lipinski definition) is 4. The van der Waals surface area contributed by atoms with E-state index in [4.69, 9.17) is 9.84 Å². The molecule has 1 aromatic carbocycles. The molecule has 1 aromatic rings. The average molecular weight is 293 g/mol. The van der Waals surface area contributed by atoms with Gasteiger partial charge in [-0.3, -0.25) is 9.69 Å². The molecule has 0 aliphatic rings. The summed E-state index contributed by atoms with van der Waals surface area (Å²) in [5, 5.41) is 9.02. The van der Waals surface area contributed by atoms with Gasteiger partial charge < -0.3 is 9.84 Å². The van der Waals surface area contributed by atoms with E-state index in [9.17, 15) is 9.59 Å². The highest BCUT2D eigenvalue weighted by molar-refractivity contribution is 5.87. The molecule has 0 aliphatic carbocycles. The van der Waals surface area contributed by atoms with Crippen LogP contribution in [0.3, 0.4) is 0 Å². The molecule has 0 amide bonds. The van der Waals surface area contributed by atoms with Crippen LogP contribution in [0.1, 0.15) is 36.7 Å². The number of ether oxygens (including phenoxy) is 1. The van der Waals surface area contributed by atoms with Gasteiger partial charge in [-0.05, 0) is 30.5 Å². The summed E-state index contributed by atoms with van der Waals surface area (Å²) in [6.45, 7) is 7.78. The third-order valence-electron chi connectivity index (χ3n) is 2.86. The zero-order chi connectivity index (χ0) is 15.8. The van der Waals surface area contributed by atoms with E-state index >= 15 is 0 Å². The van der Waals surface area contributed by atoms with E-state index in [1.165, 1.54) is 0 Å². The summed E-state index contributed by atoms with van der Waals surface area (Å²) in [4.78, 5) is 24.6. The van der Waals surface area contributed by atoms with E-state index in [1.54, 1.807) is 25.1 Å². The minimum Gasteiger partial charge on any atom is -0.478 e. The van der Waals surface area contributed by atoms with Crippen LogP contribution in [0, 0.1) is 5.92 Å². The molecule has 5 nitrogen and oxygen atoms in total. The first kappa shape index (κ1) is 17.2. The third kappa shape index (κ3) is 6.40. The summed E-state index contributed by atoms with van der Waals surface area (Å²) in [6, 6.07) is 6.78. The molecule has 0 atom stereocenters. The van der Waals surface area contributed by atoms with Gasteiger partial charge in [-0.15, -0.1) is 0 Å². The summed E-state index contributed by atoms with van der Waals surface area (Å²) in [5.41, 5.74) is 1.13. The number of carbonyl (C=O) groups excluding carboxylic acids is 1. The molecule has 0 unspecified atom stereocenters. The number of nitrogens with zero attached hydrogens (tertiary/aromatic N) is 1. The van der Waals surface area contributed by atoms with E-state index in [2.05, 4.69) is 13.8 Å². The first-order chi connectivity index (χ1) is 9.92. The minimum atomic E-state index is -0.947. The number of carbonyl (C=O) groups is 2. The Balaban J connectivity index is 2.77. The molecule has 0 radical (unpaired) electrons. The van der Waals surface area contributed by atoms with Crippen LogP contribution in [0.25, 0.3) is 0 Å². The van der Waals surface area contributed by atoms with Crippen molar-refractivity contribution in [2.45, 2.75) is 27.3 Å². The van der Waals surface area contributed by atoms with Crippen molar-refractivity contribution in [1.82, 2.24) is 4.90 Å². The van der Waals surface area contributed by atoms with Crippen LogP contribution in [-0.2, 0) is 16.1 Å². The molecule has 0 aliphatic heterocycles. The molecule has 116 valence electrons. The second-order valence-electron chi connectivity index (χ2n) is 5.37. The molecule has 21 heavy (non-hydrogen) atoms. The van der Waals surface area contributed by atoms with Crippen LogP contribution >= 0.6 is 0 Å². The van der Waals surface area contributed by atoms with Gasteiger partial charge in [0.15, 0.2) is 0 Å². The summed E-state index contributed by atoms with van der Waals surface area (Å²) in [6.07, 6.45) is 0. The third-order valence-corrected chi connectivity index (χ3v) is 2.86. The van der Waals surface area contributed by atoms with Crippen molar-refractivity contribution in [3.05, 3.63) is 35.4 Å². The van der Waals surface area contributed by atoms with Crippen molar-refractivity contribution in [2.24, 2.45) is 5.92 Å². The van der Waals surface area contributed by atoms with Gasteiger partial charge in [-0.1, -0.05) is 26.0 Å². The highest BCUT2D eigenvalue weighted by Gasteiger charge is 2.14. The molecule has 0 aromatic heterocycles. The van der Waals surface area contributed by atoms with E-state index < -0.39 is 5.97 Å². The van der Waals surface area contributed by atoms with Crippen LogP contribution in [-0.4, -0.2) is 41.6 Å². The van der Waals surface area contributed by atoms with Crippen molar-refractivity contribution in [3.8, 4) is 0 Å². The second-order valence-corrected chi connectivity index (χ2v) is 5.37. The smallest absolute Gasteiger partial charge is 0.335 e. The van der Waals surface area contributed by atoms with Gasteiger partial charge in [0.1, 0.15) is 0 Å². The summed E-state index contributed by atoms with van der Waals surface area (Å²) >= 11 is 0. The van der Waals surface area contributed by atoms with Crippen molar-refractivity contribution < 1.29 is 19.4 Å². The van der Waals surface area contributed by atoms with Crippen LogP contribution in [0.5, 0.6) is 0 Å². The standard InChI is InChI=1S/C16H23NO4/c1-4-21-15(18)11-17(9-12(2)3)10-13-6-5-7-14(8-13)16(19)20/h5-8,12H,4,9-11H2,1-3H3,(H,19,20). The Hall–Kier alpha value is -1.88. The Morgan fingerprint density at radius 2 is 2.05 bits per heavy atom. The number of hydrogen-bond donors (Lipinski definition) is 1.